The highest BCUT2D eigenvalue weighted by atomic mass is 31.3. The van der Waals surface area contributed by atoms with Crippen molar-refractivity contribution in [2.75, 3.05) is 6.61 Å². The lowest BCUT2D eigenvalue weighted by atomic mass is 10.1. The standard InChI is InChI=1S/C18H21N3O13P2/c1-9-2-3-12-10(6-9)11(19-33-12)7-21-14(22)4-5-20(18(21)25)17-16(24)15(23)13(32-17)8-31-36(29,30)34-35(26,27)28/h2-6,13,15-17,23-24H,7-8H2,1H3,(H,29,30)(H2,26,27,28)/p-3/t13-,15?,16+,17-/m1/s1. The number of phosphoric ester groups is 1. The molecule has 1 aliphatic heterocycles. The summed E-state index contributed by atoms with van der Waals surface area (Å²) in [6.07, 6.45) is -5.79. The fourth-order valence-electron chi connectivity index (χ4n) is 3.64. The monoisotopic (exact) mass is 546 g/mol. The fourth-order valence-corrected chi connectivity index (χ4v) is 5.14. The molecule has 2 N–H and O–H groups in total. The fraction of sp³-hybridized carbons (Fsp3) is 0.389. The SMILES string of the molecule is Cc1ccc2onc(Cn3c(=O)ccn([C@@H]4O[C@H](COP(=O)([O-])OP(=O)([O-])[O-])C(O)[C@@H]4O)c3=O)c2c1. The Morgan fingerprint density at radius 1 is 1.14 bits per heavy atom. The number of nitrogens with zero attached hydrogens (tertiary/aromatic N) is 3. The molecule has 0 amide bonds. The Kier molecular flexibility index (Phi) is 7.20. The second-order valence-corrected chi connectivity index (χ2v) is 10.6. The summed E-state index contributed by atoms with van der Waals surface area (Å²) in [5.74, 6) is 0. The Hall–Kier alpha value is -2.49. The summed E-state index contributed by atoms with van der Waals surface area (Å²) in [5.41, 5.74) is -0.0658. The van der Waals surface area contributed by atoms with Crippen LogP contribution in [0.4, 0.5) is 0 Å². The zero-order valence-electron chi connectivity index (χ0n) is 18.2. The molecule has 1 aliphatic rings. The first-order valence-electron chi connectivity index (χ1n) is 10.1. The van der Waals surface area contributed by atoms with Crippen LogP contribution in [0.1, 0.15) is 17.5 Å². The normalized spacial score (nSPS) is 24.3. The van der Waals surface area contributed by atoms with Gasteiger partial charge >= 0.3 is 5.69 Å². The molecule has 16 nitrogen and oxygen atoms in total. The van der Waals surface area contributed by atoms with E-state index in [1.54, 1.807) is 18.2 Å². The van der Waals surface area contributed by atoms with Crippen molar-refractivity contribution in [3.05, 3.63) is 62.6 Å². The van der Waals surface area contributed by atoms with Crippen molar-refractivity contribution in [3.8, 4) is 0 Å². The lowest BCUT2D eigenvalue weighted by Gasteiger charge is -2.35. The first kappa shape index (κ1) is 26.6. The van der Waals surface area contributed by atoms with Gasteiger partial charge in [0, 0.05) is 17.6 Å². The summed E-state index contributed by atoms with van der Waals surface area (Å²) in [6, 6.07) is 6.23. The van der Waals surface area contributed by atoms with Crippen LogP contribution in [0.5, 0.6) is 0 Å². The quantitative estimate of drug-likeness (QED) is 0.277. The Bertz CT molecular complexity index is 1490. The van der Waals surface area contributed by atoms with Gasteiger partial charge in [0.2, 0.25) is 0 Å². The van der Waals surface area contributed by atoms with E-state index in [0.717, 1.165) is 27.0 Å². The number of aromatic nitrogens is 3. The van der Waals surface area contributed by atoms with Crippen LogP contribution in [0.2, 0.25) is 0 Å². The van der Waals surface area contributed by atoms with E-state index >= 15 is 0 Å². The van der Waals surface area contributed by atoms with Gasteiger partial charge in [-0.25, -0.2) is 4.79 Å². The Balaban J connectivity index is 1.57. The minimum atomic E-state index is -5.94. The molecular formula is C18H18N3O13P2-3. The third-order valence-corrected chi connectivity index (χ3v) is 7.38. The van der Waals surface area contributed by atoms with Gasteiger partial charge < -0.3 is 43.2 Å². The molecule has 5 atom stereocenters. The Morgan fingerprint density at radius 2 is 1.86 bits per heavy atom. The summed E-state index contributed by atoms with van der Waals surface area (Å²) in [7, 11) is -11.6. The van der Waals surface area contributed by atoms with Gasteiger partial charge in [0.25, 0.3) is 13.4 Å². The van der Waals surface area contributed by atoms with E-state index in [1.165, 1.54) is 0 Å². The van der Waals surface area contributed by atoms with Crippen LogP contribution in [-0.4, -0.2) is 49.4 Å². The van der Waals surface area contributed by atoms with Crippen molar-refractivity contribution in [2.24, 2.45) is 0 Å². The lowest BCUT2D eigenvalue weighted by Crippen LogP contribution is -2.43. The van der Waals surface area contributed by atoms with Crippen LogP contribution < -0.4 is 25.9 Å². The summed E-state index contributed by atoms with van der Waals surface area (Å²) < 4.78 is 41.6. The van der Waals surface area contributed by atoms with Gasteiger partial charge in [-0.15, -0.1) is 0 Å². The number of aliphatic hydroxyl groups is 2. The van der Waals surface area contributed by atoms with E-state index < -0.39 is 58.0 Å². The highest BCUT2D eigenvalue weighted by molar-refractivity contribution is 7.58. The molecule has 1 saturated heterocycles. The molecular weight excluding hydrogens is 528 g/mol. The number of benzene rings is 1. The third kappa shape index (κ3) is 5.58. The molecule has 0 saturated carbocycles. The molecule has 0 aliphatic carbocycles. The molecule has 1 aromatic carbocycles. The number of hydrogen-bond donors (Lipinski definition) is 2. The van der Waals surface area contributed by atoms with Gasteiger partial charge in [0.1, 0.15) is 24.0 Å². The average Bonchev–Trinajstić information content (AvgIpc) is 3.29. The largest absolute Gasteiger partial charge is 0.790 e. The zero-order valence-corrected chi connectivity index (χ0v) is 20.0. The van der Waals surface area contributed by atoms with Crippen LogP contribution in [0.3, 0.4) is 0 Å². The van der Waals surface area contributed by atoms with Gasteiger partial charge in [0.05, 0.1) is 21.0 Å². The molecule has 0 radical (unpaired) electrons. The molecule has 36 heavy (non-hydrogen) atoms. The number of ether oxygens (including phenoxy) is 1. The molecule has 4 rings (SSSR count). The maximum atomic E-state index is 13.1. The van der Waals surface area contributed by atoms with Crippen LogP contribution in [0.25, 0.3) is 11.0 Å². The van der Waals surface area contributed by atoms with Gasteiger partial charge in [-0.1, -0.05) is 16.8 Å². The molecule has 2 aromatic heterocycles. The number of phosphoric acid groups is 2. The molecule has 0 spiro atoms. The Morgan fingerprint density at radius 3 is 2.56 bits per heavy atom. The number of aryl methyl sites for hydroxylation is 1. The van der Waals surface area contributed by atoms with E-state index in [2.05, 4.69) is 14.0 Å². The second kappa shape index (κ2) is 9.76. The van der Waals surface area contributed by atoms with E-state index in [4.69, 9.17) is 9.26 Å². The summed E-state index contributed by atoms with van der Waals surface area (Å²) in [5, 5.41) is 25.1. The number of aliphatic hydroxyl groups excluding tert-OH is 2. The molecule has 1 fully saturated rings. The topological polar surface area (TPSA) is 242 Å². The maximum absolute atomic E-state index is 13.1. The van der Waals surface area contributed by atoms with Crippen molar-refractivity contribution >= 4 is 26.6 Å². The van der Waals surface area contributed by atoms with Crippen molar-refractivity contribution in [1.82, 2.24) is 14.3 Å². The van der Waals surface area contributed by atoms with Crippen LogP contribution in [-0.2, 0) is 29.2 Å². The van der Waals surface area contributed by atoms with Crippen molar-refractivity contribution < 1.29 is 52.1 Å². The average molecular weight is 546 g/mol. The Labute approximate surface area is 200 Å². The smallest absolute Gasteiger partial charge is 0.333 e. The molecule has 3 heterocycles. The number of fused-ring (bicyclic) bond motifs is 1. The van der Waals surface area contributed by atoms with E-state index in [-0.39, 0.29) is 12.2 Å². The van der Waals surface area contributed by atoms with Crippen LogP contribution in [0.15, 0.2) is 44.6 Å². The van der Waals surface area contributed by atoms with Crippen molar-refractivity contribution in [2.45, 2.75) is 38.0 Å². The van der Waals surface area contributed by atoms with Gasteiger partial charge in [-0.2, -0.15) is 0 Å². The molecule has 3 aromatic rings. The van der Waals surface area contributed by atoms with Crippen LogP contribution in [0, 0.1) is 6.92 Å². The predicted octanol–water partition coefficient (Wildman–Crippen LogP) is -2.54. The maximum Gasteiger partial charge on any atom is 0.333 e. The number of hydrogen-bond acceptors (Lipinski definition) is 14. The molecule has 0 bridgehead atoms. The summed E-state index contributed by atoms with van der Waals surface area (Å²) in [4.78, 5) is 58.0. The predicted molar refractivity (Wildman–Crippen MR) is 111 cm³/mol. The highest BCUT2D eigenvalue weighted by Crippen LogP contribution is 2.50. The van der Waals surface area contributed by atoms with Gasteiger partial charge in [-0.05, 0) is 19.1 Å². The van der Waals surface area contributed by atoms with Gasteiger partial charge in [-0.3, -0.25) is 22.8 Å². The minimum absolute atomic E-state index is 0.282. The van der Waals surface area contributed by atoms with E-state index in [0.29, 0.717) is 11.0 Å². The summed E-state index contributed by atoms with van der Waals surface area (Å²) >= 11 is 0. The van der Waals surface area contributed by atoms with Gasteiger partial charge in [0.15, 0.2) is 11.8 Å². The molecule has 196 valence electrons. The first-order valence-corrected chi connectivity index (χ1v) is 13.1. The van der Waals surface area contributed by atoms with E-state index in [1.807, 2.05) is 6.92 Å². The lowest BCUT2D eigenvalue weighted by molar-refractivity contribution is -0.339. The number of rotatable bonds is 8. The molecule has 18 heteroatoms. The summed E-state index contributed by atoms with van der Waals surface area (Å²) in [6.45, 7) is 0.474. The second-order valence-electron chi connectivity index (χ2n) is 7.88. The highest BCUT2D eigenvalue weighted by Gasteiger charge is 2.44. The zero-order chi connectivity index (χ0) is 26.4. The van der Waals surface area contributed by atoms with Crippen LogP contribution >= 0.6 is 15.6 Å². The van der Waals surface area contributed by atoms with E-state index in [9.17, 15) is 43.6 Å². The third-order valence-electron chi connectivity index (χ3n) is 5.31. The van der Waals surface area contributed by atoms with Crippen molar-refractivity contribution in [3.63, 3.8) is 0 Å². The molecule has 2 unspecified atom stereocenters. The first-order chi connectivity index (χ1) is 16.8. The minimum Gasteiger partial charge on any atom is -0.790 e. The van der Waals surface area contributed by atoms with Crippen molar-refractivity contribution in [1.29, 1.82) is 0 Å².